The fourth-order valence-electron chi connectivity index (χ4n) is 4.43. The molecule has 2 aromatic carbocycles. The van der Waals surface area contributed by atoms with Gasteiger partial charge in [-0.15, -0.1) is 0 Å². The molecule has 1 fully saturated rings. The van der Waals surface area contributed by atoms with E-state index in [2.05, 4.69) is 55.6 Å². The van der Waals surface area contributed by atoms with Crippen LogP contribution >= 0.6 is 0 Å². The normalized spacial score (nSPS) is 15.0. The fraction of sp³-hybridized carbons (Fsp3) is 0.500. The average Bonchev–Trinajstić information content (AvgIpc) is 3.31. The third-order valence-corrected chi connectivity index (χ3v) is 6.63. The fourth-order valence-corrected chi connectivity index (χ4v) is 4.43. The van der Waals surface area contributed by atoms with Gasteiger partial charge in [0, 0.05) is 19.0 Å². The zero-order chi connectivity index (χ0) is 22.9. The molecule has 0 spiro atoms. The second-order valence-electron chi connectivity index (χ2n) is 9.38. The van der Waals surface area contributed by atoms with Gasteiger partial charge in [0.05, 0.1) is 0 Å². The molecule has 0 aliphatic heterocycles. The summed E-state index contributed by atoms with van der Waals surface area (Å²) in [4.78, 5) is 27.9. The standard InChI is InChI=1S/C28H38N2O2/c1-21(2)25-16-13-24(14-17-25)15-18-27(31)30(20-19-23-9-5-4-6-10-23)22(3)28(32)29-26-11-7-8-12-26/h4-6,9-10,13-14,16-17,21-22,26H,7-8,11-12,15,18-20H2,1-3H3,(H,29,32)/t22-/m1/s1. The van der Waals surface area contributed by atoms with Crippen molar-refractivity contribution in [3.8, 4) is 0 Å². The molecule has 1 saturated carbocycles. The number of amides is 2. The lowest BCUT2D eigenvalue weighted by Gasteiger charge is -2.30. The highest BCUT2D eigenvalue weighted by atomic mass is 16.2. The molecule has 2 amide bonds. The van der Waals surface area contributed by atoms with Crippen LogP contribution in [0.4, 0.5) is 0 Å². The molecule has 1 atom stereocenters. The van der Waals surface area contributed by atoms with Gasteiger partial charge in [-0.1, -0.05) is 81.3 Å². The monoisotopic (exact) mass is 434 g/mol. The number of carbonyl (C=O) groups is 2. The molecule has 0 heterocycles. The minimum Gasteiger partial charge on any atom is -0.352 e. The SMILES string of the molecule is CC(C)c1ccc(CCC(=O)N(CCc2ccccc2)[C@H](C)C(=O)NC2CCCC2)cc1. The van der Waals surface area contributed by atoms with E-state index in [-0.39, 0.29) is 17.9 Å². The Balaban J connectivity index is 1.63. The Kier molecular flexibility index (Phi) is 8.90. The second kappa shape index (κ2) is 11.8. The van der Waals surface area contributed by atoms with Crippen LogP contribution in [0.2, 0.25) is 0 Å². The van der Waals surface area contributed by atoms with Gasteiger partial charge >= 0.3 is 0 Å². The molecular formula is C28H38N2O2. The van der Waals surface area contributed by atoms with Crippen molar-refractivity contribution >= 4 is 11.8 Å². The van der Waals surface area contributed by atoms with Gasteiger partial charge in [0.1, 0.15) is 6.04 Å². The van der Waals surface area contributed by atoms with Gasteiger partial charge in [-0.2, -0.15) is 0 Å². The first-order chi connectivity index (χ1) is 15.4. The van der Waals surface area contributed by atoms with Crippen LogP contribution < -0.4 is 5.32 Å². The van der Waals surface area contributed by atoms with E-state index in [0.717, 1.165) is 24.8 Å². The molecule has 1 N–H and O–H groups in total. The average molecular weight is 435 g/mol. The van der Waals surface area contributed by atoms with Crippen molar-refractivity contribution in [3.05, 3.63) is 71.3 Å². The number of benzene rings is 2. The van der Waals surface area contributed by atoms with E-state index in [4.69, 9.17) is 0 Å². The first-order valence-corrected chi connectivity index (χ1v) is 12.2. The number of nitrogens with zero attached hydrogens (tertiary/aromatic N) is 1. The van der Waals surface area contributed by atoms with Gasteiger partial charge in [-0.25, -0.2) is 0 Å². The Hall–Kier alpha value is -2.62. The molecule has 0 unspecified atom stereocenters. The Labute approximate surface area is 193 Å². The molecule has 32 heavy (non-hydrogen) atoms. The van der Waals surface area contributed by atoms with Crippen LogP contribution in [0.1, 0.15) is 75.5 Å². The lowest BCUT2D eigenvalue weighted by Crippen LogP contribution is -2.50. The number of carbonyl (C=O) groups excluding carboxylic acids is 2. The zero-order valence-corrected chi connectivity index (χ0v) is 19.8. The number of rotatable bonds is 10. The van der Waals surface area contributed by atoms with Crippen LogP contribution in [0.5, 0.6) is 0 Å². The van der Waals surface area contributed by atoms with E-state index < -0.39 is 6.04 Å². The van der Waals surface area contributed by atoms with Crippen LogP contribution in [0.25, 0.3) is 0 Å². The Morgan fingerprint density at radius 2 is 1.53 bits per heavy atom. The molecule has 3 rings (SSSR count). The van der Waals surface area contributed by atoms with Crippen LogP contribution in [-0.4, -0.2) is 35.3 Å². The maximum atomic E-state index is 13.2. The highest BCUT2D eigenvalue weighted by molar-refractivity contribution is 5.87. The third kappa shape index (κ3) is 6.94. The molecule has 0 aromatic heterocycles. The minimum atomic E-state index is -0.463. The number of nitrogens with one attached hydrogen (secondary N) is 1. The maximum absolute atomic E-state index is 13.2. The van der Waals surface area contributed by atoms with Crippen LogP contribution in [0.3, 0.4) is 0 Å². The maximum Gasteiger partial charge on any atom is 0.242 e. The van der Waals surface area contributed by atoms with Gasteiger partial charge in [0.15, 0.2) is 0 Å². The largest absolute Gasteiger partial charge is 0.352 e. The summed E-state index contributed by atoms with van der Waals surface area (Å²) in [6.45, 7) is 6.78. The Morgan fingerprint density at radius 3 is 2.16 bits per heavy atom. The third-order valence-electron chi connectivity index (χ3n) is 6.63. The molecule has 1 aliphatic rings. The van der Waals surface area contributed by atoms with E-state index in [1.807, 2.05) is 25.1 Å². The van der Waals surface area contributed by atoms with Gasteiger partial charge in [-0.3, -0.25) is 9.59 Å². The van der Waals surface area contributed by atoms with Crippen molar-refractivity contribution in [1.82, 2.24) is 10.2 Å². The summed E-state index contributed by atoms with van der Waals surface area (Å²) in [6.07, 6.45) is 6.28. The lowest BCUT2D eigenvalue weighted by atomic mass is 10.00. The Bertz CT molecular complexity index is 855. The summed E-state index contributed by atoms with van der Waals surface area (Å²) in [5, 5.41) is 3.17. The summed E-state index contributed by atoms with van der Waals surface area (Å²) >= 11 is 0. The van der Waals surface area contributed by atoms with Crippen molar-refractivity contribution in [3.63, 3.8) is 0 Å². The molecule has 0 saturated heterocycles. The van der Waals surface area contributed by atoms with E-state index in [9.17, 15) is 9.59 Å². The van der Waals surface area contributed by atoms with Crippen molar-refractivity contribution in [2.75, 3.05) is 6.54 Å². The summed E-state index contributed by atoms with van der Waals surface area (Å²) < 4.78 is 0. The first kappa shape index (κ1) is 24.0. The quantitative estimate of drug-likeness (QED) is 0.554. The molecule has 4 nitrogen and oxygen atoms in total. The zero-order valence-electron chi connectivity index (χ0n) is 19.8. The summed E-state index contributed by atoms with van der Waals surface area (Å²) in [5.74, 6) is 0.515. The minimum absolute atomic E-state index is 0.0282. The summed E-state index contributed by atoms with van der Waals surface area (Å²) in [6, 6.07) is 18.5. The lowest BCUT2D eigenvalue weighted by molar-refractivity contribution is -0.140. The highest BCUT2D eigenvalue weighted by Crippen LogP contribution is 2.19. The van der Waals surface area contributed by atoms with E-state index in [1.165, 1.54) is 24.0 Å². The predicted octanol–water partition coefficient (Wildman–Crippen LogP) is 5.26. The van der Waals surface area contributed by atoms with Gasteiger partial charge in [0.25, 0.3) is 0 Å². The smallest absolute Gasteiger partial charge is 0.242 e. The molecule has 0 bridgehead atoms. The van der Waals surface area contributed by atoms with Crippen molar-refractivity contribution in [2.45, 2.75) is 83.7 Å². The summed E-state index contributed by atoms with van der Waals surface area (Å²) in [5.41, 5.74) is 3.65. The molecule has 0 radical (unpaired) electrons. The van der Waals surface area contributed by atoms with Crippen molar-refractivity contribution in [1.29, 1.82) is 0 Å². The van der Waals surface area contributed by atoms with Crippen LogP contribution in [0, 0.1) is 0 Å². The topological polar surface area (TPSA) is 49.4 Å². The Morgan fingerprint density at radius 1 is 0.906 bits per heavy atom. The van der Waals surface area contributed by atoms with E-state index in [1.54, 1.807) is 4.90 Å². The predicted molar refractivity (Wildman–Crippen MR) is 131 cm³/mol. The number of aryl methyl sites for hydroxylation is 1. The van der Waals surface area contributed by atoms with Gasteiger partial charge in [-0.05, 0) is 55.2 Å². The molecular weight excluding hydrogens is 396 g/mol. The van der Waals surface area contributed by atoms with Crippen LogP contribution in [-0.2, 0) is 22.4 Å². The molecule has 1 aliphatic carbocycles. The molecule has 2 aromatic rings. The van der Waals surface area contributed by atoms with Gasteiger partial charge < -0.3 is 10.2 Å². The molecule has 4 heteroatoms. The molecule has 172 valence electrons. The van der Waals surface area contributed by atoms with Crippen LogP contribution in [0.15, 0.2) is 54.6 Å². The van der Waals surface area contributed by atoms with E-state index in [0.29, 0.717) is 25.3 Å². The second-order valence-corrected chi connectivity index (χ2v) is 9.38. The van der Waals surface area contributed by atoms with E-state index >= 15 is 0 Å². The summed E-state index contributed by atoms with van der Waals surface area (Å²) in [7, 11) is 0. The highest BCUT2D eigenvalue weighted by Gasteiger charge is 2.27. The number of hydrogen-bond donors (Lipinski definition) is 1. The first-order valence-electron chi connectivity index (χ1n) is 12.2. The van der Waals surface area contributed by atoms with Crippen molar-refractivity contribution in [2.24, 2.45) is 0 Å². The number of hydrogen-bond acceptors (Lipinski definition) is 2. The van der Waals surface area contributed by atoms with Gasteiger partial charge in [0.2, 0.25) is 11.8 Å². The van der Waals surface area contributed by atoms with Crippen molar-refractivity contribution < 1.29 is 9.59 Å².